The van der Waals surface area contributed by atoms with Crippen LogP contribution in [0.4, 0.5) is 5.69 Å². The van der Waals surface area contributed by atoms with Crippen molar-refractivity contribution >= 4 is 33.7 Å². The van der Waals surface area contributed by atoms with Crippen molar-refractivity contribution in [3.05, 3.63) is 47.1 Å². The molecule has 10 N–H and O–H groups in total. The van der Waals surface area contributed by atoms with Gasteiger partial charge < -0.3 is 27.4 Å². The third-order valence-electron chi connectivity index (χ3n) is 3.48. The maximum Gasteiger partial charge on any atom is 0.162 e. The van der Waals surface area contributed by atoms with E-state index in [1.54, 1.807) is 12.1 Å². The summed E-state index contributed by atoms with van der Waals surface area (Å²) in [6, 6.07) is 7.21. The van der Waals surface area contributed by atoms with Gasteiger partial charge in [-0.25, -0.2) is 0 Å². The highest BCUT2D eigenvalue weighted by molar-refractivity contribution is 6.61. The first-order chi connectivity index (χ1) is 9.93. The summed E-state index contributed by atoms with van der Waals surface area (Å²) in [6.45, 7) is 0. The van der Waals surface area contributed by atoms with E-state index < -0.39 is 0 Å². The molecule has 1 aromatic heterocycles. The van der Waals surface area contributed by atoms with E-state index in [4.69, 9.17) is 38.2 Å². The Morgan fingerprint density at radius 1 is 0.810 bits per heavy atom. The first kappa shape index (κ1) is 12.8. The van der Waals surface area contributed by atoms with E-state index in [1.807, 2.05) is 12.1 Å². The van der Waals surface area contributed by atoms with Crippen LogP contribution < -0.4 is 22.9 Å². The van der Waals surface area contributed by atoms with Gasteiger partial charge in [0.2, 0.25) is 0 Å². The van der Waals surface area contributed by atoms with Crippen LogP contribution in [0.1, 0.15) is 5.76 Å². The Hall–Kier alpha value is -3.22. The van der Waals surface area contributed by atoms with Crippen molar-refractivity contribution in [3.63, 3.8) is 0 Å². The molecule has 0 atom stereocenters. The average molecular weight is 282 g/mol. The Bertz CT molecular complexity index is 871. The van der Waals surface area contributed by atoms with Crippen molar-refractivity contribution < 1.29 is 4.42 Å². The van der Waals surface area contributed by atoms with Gasteiger partial charge in [-0.2, -0.15) is 0 Å². The average Bonchev–Trinajstić information content (AvgIpc) is 2.81. The van der Waals surface area contributed by atoms with Gasteiger partial charge in [0, 0.05) is 5.39 Å². The summed E-state index contributed by atoms with van der Waals surface area (Å²) in [7, 11) is 0. The Kier molecular flexibility index (Phi) is 2.52. The molecule has 0 saturated carbocycles. The van der Waals surface area contributed by atoms with Crippen molar-refractivity contribution in [2.45, 2.75) is 0 Å². The van der Waals surface area contributed by atoms with Gasteiger partial charge in [0.1, 0.15) is 11.3 Å². The number of allylic oxidation sites excluding steroid dienone is 2. The van der Waals surface area contributed by atoms with E-state index in [-0.39, 0.29) is 39.8 Å². The fraction of sp³-hybridized carbons (Fsp3) is 0. The second-order valence-electron chi connectivity index (χ2n) is 4.71. The van der Waals surface area contributed by atoms with Crippen molar-refractivity contribution in [1.82, 2.24) is 0 Å². The molecule has 0 spiro atoms. The van der Waals surface area contributed by atoms with E-state index in [0.29, 0.717) is 16.7 Å². The lowest BCUT2D eigenvalue weighted by Gasteiger charge is -2.20. The van der Waals surface area contributed by atoms with Crippen LogP contribution in [-0.2, 0) is 0 Å². The summed E-state index contributed by atoms with van der Waals surface area (Å²) in [5.74, 6) is 0.235. The molecule has 0 saturated heterocycles. The molecule has 1 aliphatic carbocycles. The van der Waals surface area contributed by atoms with Gasteiger partial charge in [-0.15, -0.1) is 0 Å². The van der Waals surface area contributed by atoms with Gasteiger partial charge >= 0.3 is 0 Å². The van der Waals surface area contributed by atoms with Gasteiger partial charge in [-0.1, -0.05) is 12.1 Å². The number of para-hydroxylation sites is 1. The van der Waals surface area contributed by atoms with Crippen LogP contribution in [0, 0.1) is 10.8 Å². The summed E-state index contributed by atoms with van der Waals surface area (Å²) in [5, 5.41) is 16.6. The third kappa shape index (κ3) is 1.61. The van der Waals surface area contributed by atoms with Gasteiger partial charge in [0.25, 0.3) is 0 Å². The molecule has 1 heterocycles. The highest BCUT2D eigenvalue weighted by atomic mass is 16.3. The predicted octanol–water partition coefficient (Wildman–Crippen LogP) is 0.867. The molecule has 0 bridgehead atoms. The number of nitrogen functional groups attached to an aromatic ring is 1. The highest BCUT2D eigenvalue weighted by Gasteiger charge is 2.30. The van der Waals surface area contributed by atoms with Crippen LogP contribution in [0.5, 0.6) is 0 Å². The highest BCUT2D eigenvalue weighted by Crippen LogP contribution is 2.36. The number of fused-ring (bicyclic) bond motifs is 1. The Labute approximate surface area is 119 Å². The van der Waals surface area contributed by atoms with E-state index in [1.165, 1.54) is 0 Å². The summed E-state index contributed by atoms with van der Waals surface area (Å²) in [4.78, 5) is 0. The van der Waals surface area contributed by atoms with Crippen LogP contribution in [0.3, 0.4) is 0 Å². The molecule has 21 heavy (non-hydrogen) atoms. The van der Waals surface area contributed by atoms with E-state index in [2.05, 4.69) is 0 Å². The Morgan fingerprint density at radius 2 is 1.48 bits per heavy atom. The zero-order valence-electron chi connectivity index (χ0n) is 11.0. The van der Waals surface area contributed by atoms with Crippen LogP contribution in [0.2, 0.25) is 0 Å². The lowest BCUT2D eigenvalue weighted by molar-refractivity contribution is 0.603. The molecule has 7 heteroatoms. The van der Waals surface area contributed by atoms with Crippen molar-refractivity contribution in [1.29, 1.82) is 10.8 Å². The fourth-order valence-corrected chi connectivity index (χ4v) is 2.30. The molecule has 0 fully saturated rings. The minimum absolute atomic E-state index is 0.0177. The largest absolute Gasteiger partial charge is 0.454 e. The molecule has 0 radical (unpaired) electrons. The lowest BCUT2D eigenvalue weighted by Crippen LogP contribution is -2.33. The lowest BCUT2D eigenvalue weighted by atomic mass is 9.91. The second kappa shape index (κ2) is 4.14. The molecular formula is C14H14N6O. The zero-order valence-corrected chi connectivity index (χ0v) is 11.0. The van der Waals surface area contributed by atoms with Crippen molar-refractivity contribution in [2.75, 3.05) is 5.73 Å². The predicted molar refractivity (Wildman–Crippen MR) is 82.6 cm³/mol. The number of nitrogens with one attached hydrogen (secondary N) is 2. The van der Waals surface area contributed by atoms with Crippen LogP contribution in [0.25, 0.3) is 16.5 Å². The Balaban J connectivity index is 2.34. The first-order valence-electron chi connectivity index (χ1n) is 6.14. The number of rotatable bonds is 1. The SMILES string of the molecule is N=C1C(=N)C(c2oc3ccccc3c2N)=C(N)C(N)=C1N. The van der Waals surface area contributed by atoms with Crippen LogP contribution in [-0.4, -0.2) is 11.4 Å². The quantitative estimate of drug-likeness (QED) is 0.426. The number of benzene rings is 1. The maximum absolute atomic E-state index is 8.06. The molecule has 3 rings (SSSR count). The summed E-state index contributed by atoms with van der Waals surface area (Å²) < 4.78 is 5.69. The number of nitrogens with two attached hydrogens (primary N) is 4. The van der Waals surface area contributed by atoms with E-state index in [9.17, 15) is 0 Å². The smallest absolute Gasteiger partial charge is 0.162 e. The fourth-order valence-electron chi connectivity index (χ4n) is 2.30. The molecule has 0 unspecified atom stereocenters. The molecule has 7 nitrogen and oxygen atoms in total. The molecule has 2 aromatic rings. The first-order valence-corrected chi connectivity index (χ1v) is 6.14. The molecule has 1 aromatic carbocycles. The monoisotopic (exact) mass is 282 g/mol. The number of furan rings is 1. The number of hydrogen-bond donors (Lipinski definition) is 6. The number of anilines is 1. The van der Waals surface area contributed by atoms with E-state index in [0.717, 1.165) is 0 Å². The van der Waals surface area contributed by atoms with Gasteiger partial charge in [-0.05, 0) is 12.1 Å². The van der Waals surface area contributed by atoms with Crippen molar-refractivity contribution in [2.24, 2.45) is 17.2 Å². The molecule has 0 aliphatic heterocycles. The second-order valence-corrected chi connectivity index (χ2v) is 4.71. The third-order valence-corrected chi connectivity index (χ3v) is 3.48. The zero-order chi connectivity index (χ0) is 15.3. The molecule has 1 aliphatic rings. The summed E-state index contributed by atoms with van der Waals surface area (Å²) >= 11 is 0. The summed E-state index contributed by atoms with van der Waals surface area (Å²) in [6.07, 6.45) is 0. The summed E-state index contributed by atoms with van der Waals surface area (Å²) in [5.41, 5.74) is 24.4. The van der Waals surface area contributed by atoms with Gasteiger partial charge in [0.05, 0.1) is 34.1 Å². The maximum atomic E-state index is 8.06. The molecule has 0 amide bonds. The minimum atomic E-state index is -0.198. The van der Waals surface area contributed by atoms with Crippen LogP contribution >= 0.6 is 0 Å². The van der Waals surface area contributed by atoms with Crippen LogP contribution in [0.15, 0.2) is 45.8 Å². The Morgan fingerprint density at radius 3 is 2.14 bits per heavy atom. The van der Waals surface area contributed by atoms with Gasteiger partial charge in [-0.3, -0.25) is 10.8 Å². The molecule has 106 valence electrons. The topological polar surface area (TPSA) is 165 Å². The standard InChI is InChI=1S/C14H14N6O/c15-8-5-3-1-2-4-6(5)21-14(8)7-9(16)11(18)13(20)12(19)10(7)17/h1-4,16,18H,15,17,19-20H2. The number of hydrogen-bond acceptors (Lipinski definition) is 7. The van der Waals surface area contributed by atoms with Gasteiger partial charge in [0.15, 0.2) is 5.76 Å². The normalized spacial score (nSPS) is 16.2. The van der Waals surface area contributed by atoms with Crippen molar-refractivity contribution in [3.8, 4) is 0 Å². The minimum Gasteiger partial charge on any atom is -0.454 e. The molecular weight excluding hydrogens is 268 g/mol. The van der Waals surface area contributed by atoms with E-state index >= 15 is 0 Å².